The highest BCUT2D eigenvalue weighted by molar-refractivity contribution is 6.07. The Hall–Kier alpha value is -2.13. The first-order valence-corrected chi connectivity index (χ1v) is 10.9. The molecule has 3 aromatic rings. The molecule has 1 aromatic heterocycles. The van der Waals surface area contributed by atoms with Crippen LogP contribution in [0, 0.1) is 0 Å². The Morgan fingerprint density at radius 2 is 1.54 bits per heavy atom. The van der Waals surface area contributed by atoms with Crippen molar-refractivity contribution in [2.75, 3.05) is 11.9 Å². The number of rotatable bonds is 6. The van der Waals surface area contributed by atoms with Crippen molar-refractivity contribution in [2.45, 2.75) is 71.0 Å². The molecule has 1 saturated heterocycles. The number of anilines is 1. The fourth-order valence-electron chi connectivity index (χ4n) is 4.81. The van der Waals surface area contributed by atoms with E-state index in [0.717, 1.165) is 23.1 Å². The smallest absolute Gasteiger partial charge is 0.0730 e. The molecule has 28 heavy (non-hydrogen) atoms. The molecule has 0 amide bonds. The van der Waals surface area contributed by atoms with Crippen LogP contribution in [0.1, 0.15) is 52.9 Å². The van der Waals surface area contributed by atoms with Crippen LogP contribution in [0.15, 0.2) is 48.5 Å². The van der Waals surface area contributed by atoms with Gasteiger partial charge in [-0.05, 0) is 65.1 Å². The van der Waals surface area contributed by atoms with E-state index >= 15 is 0 Å². The predicted molar refractivity (Wildman–Crippen MR) is 121 cm³/mol. The maximum atomic E-state index is 4.84. The third kappa shape index (κ3) is 4.00. The second kappa shape index (κ2) is 8.48. The van der Waals surface area contributed by atoms with Crippen LogP contribution in [-0.2, 0) is 0 Å². The van der Waals surface area contributed by atoms with Gasteiger partial charge in [0, 0.05) is 28.9 Å². The lowest BCUT2D eigenvalue weighted by Crippen LogP contribution is -2.44. The summed E-state index contributed by atoms with van der Waals surface area (Å²) in [5.41, 5.74) is 3.35. The van der Waals surface area contributed by atoms with Gasteiger partial charge < -0.3 is 5.32 Å². The average Bonchev–Trinajstić information content (AvgIpc) is 2.70. The lowest BCUT2D eigenvalue weighted by molar-refractivity contribution is 0.101. The van der Waals surface area contributed by atoms with Crippen LogP contribution < -0.4 is 5.32 Å². The number of fused-ring (bicyclic) bond motifs is 2. The summed E-state index contributed by atoms with van der Waals surface area (Å²) in [6, 6.07) is 18.8. The van der Waals surface area contributed by atoms with Gasteiger partial charge in [0.2, 0.25) is 0 Å². The van der Waals surface area contributed by atoms with Crippen molar-refractivity contribution in [1.29, 1.82) is 0 Å². The summed E-state index contributed by atoms with van der Waals surface area (Å²) in [6.07, 6.45) is 6.52. The molecule has 1 unspecified atom stereocenters. The largest absolute Gasteiger partial charge is 0.381 e. The minimum atomic E-state index is 0.435. The number of benzene rings is 2. The maximum Gasteiger partial charge on any atom is 0.0730 e. The van der Waals surface area contributed by atoms with Crippen LogP contribution in [0.25, 0.3) is 21.8 Å². The van der Waals surface area contributed by atoms with Crippen LogP contribution in [0.4, 0.5) is 5.69 Å². The highest BCUT2D eigenvalue weighted by Crippen LogP contribution is 2.31. The molecule has 0 radical (unpaired) electrons. The molecule has 2 heterocycles. The number of nitrogens with zero attached hydrogens (tertiary/aromatic N) is 2. The van der Waals surface area contributed by atoms with Gasteiger partial charge in [-0.15, -0.1) is 0 Å². The third-order valence-electron chi connectivity index (χ3n) is 6.41. The van der Waals surface area contributed by atoms with E-state index in [1.165, 1.54) is 55.1 Å². The molecule has 1 fully saturated rings. The summed E-state index contributed by atoms with van der Waals surface area (Å²) in [4.78, 5) is 7.55. The molecule has 0 saturated carbocycles. The average molecular weight is 376 g/mol. The van der Waals surface area contributed by atoms with Gasteiger partial charge in [-0.3, -0.25) is 4.90 Å². The first-order chi connectivity index (χ1) is 13.6. The number of hydrogen-bond donors (Lipinski definition) is 1. The molecular weight excluding hydrogens is 342 g/mol. The standard InChI is InChI=1S/C25H33N3/c1-18(10-9-17-28-19(2)11-8-12-20(28)3)26-25-21-13-4-6-15-23(21)27-24-16-7-5-14-22(24)25/h4-7,13-16,18-20H,8-12,17H2,1-3H3,(H,26,27)/t18?,19-,20+. The molecule has 1 N–H and O–H groups in total. The van der Waals surface area contributed by atoms with Gasteiger partial charge in [-0.2, -0.15) is 0 Å². The molecule has 148 valence electrons. The summed E-state index contributed by atoms with van der Waals surface area (Å²) in [6.45, 7) is 8.32. The van der Waals surface area contributed by atoms with Gasteiger partial charge in [0.15, 0.2) is 0 Å². The zero-order valence-electron chi connectivity index (χ0n) is 17.5. The lowest BCUT2D eigenvalue weighted by Gasteiger charge is -2.39. The Balaban J connectivity index is 1.48. The first-order valence-electron chi connectivity index (χ1n) is 10.9. The summed E-state index contributed by atoms with van der Waals surface area (Å²) in [5.74, 6) is 0. The Morgan fingerprint density at radius 1 is 0.964 bits per heavy atom. The maximum absolute atomic E-state index is 4.84. The van der Waals surface area contributed by atoms with Crippen molar-refractivity contribution >= 4 is 27.5 Å². The van der Waals surface area contributed by atoms with Crippen molar-refractivity contribution < 1.29 is 0 Å². The van der Waals surface area contributed by atoms with Gasteiger partial charge in [0.1, 0.15) is 0 Å². The van der Waals surface area contributed by atoms with Crippen molar-refractivity contribution in [1.82, 2.24) is 9.88 Å². The van der Waals surface area contributed by atoms with E-state index in [1.54, 1.807) is 0 Å². The van der Waals surface area contributed by atoms with E-state index in [0.29, 0.717) is 6.04 Å². The molecule has 2 aromatic carbocycles. The Morgan fingerprint density at radius 3 is 2.14 bits per heavy atom. The minimum Gasteiger partial charge on any atom is -0.381 e. The van der Waals surface area contributed by atoms with Crippen molar-refractivity contribution in [2.24, 2.45) is 0 Å². The number of aromatic nitrogens is 1. The Kier molecular flexibility index (Phi) is 5.82. The number of hydrogen-bond acceptors (Lipinski definition) is 3. The van der Waals surface area contributed by atoms with Gasteiger partial charge in [0.25, 0.3) is 0 Å². The minimum absolute atomic E-state index is 0.435. The number of para-hydroxylation sites is 2. The zero-order valence-corrected chi connectivity index (χ0v) is 17.5. The van der Waals surface area contributed by atoms with Gasteiger partial charge in [-0.1, -0.05) is 42.8 Å². The molecule has 1 aliphatic rings. The van der Waals surface area contributed by atoms with Crippen LogP contribution in [-0.4, -0.2) is 34.6 Å². The second-order valence-corrected chi connectivity index (χ2v) is 8.58. The topological polar surface area (TPSA) is 28.2 Å². The first kappa shape index (κ1) is 19.2. The van der Waals surface area contributed by atoms with Crippen LogP contribution in [0.5, 0.6) is 0 Å². The van der Waals surface area contributed by atoms with Crippen molar-refractivity contribution in [3.63, 3.8) is 0 Å². The van der Waals surface area contributed by atoms with E-state index in [9.17, 15) is 0 Å². The molecule has 3 nitrogen and oxygen atoms in total. The van der Waals surface area contributed by atoms with E-state index < -0.39 is 0 Å². The molecule has 3 atom stereocenters. The predicted octanol–water partition coefficient (Wildman–Crippen LogP) is 6.23. The number of piperidine rings is 1. The fraction of sp³-hybridized carbons (Fsp3) is 0.480. The Labute approximate surface area is 169 Å². The van der Waals surface area contributed by atoms with Gasteiger partial charge in [0.05, 0.1) is 16.7 Å². The number of pyridine rings is 1. The fourth-order valence-corrected chi connectivity index (χ4v) is 4.81. The number of nitrogens with one attached hydrogen (secondary N) is 1. The quantitative estimate of drug-likeness (QED) is 0.518. The van der Waals surface area contributed by atoms with Gasteiger partial charge in [-0.25, -0.2) is 4.98 Å². The normalized spacial score (nSPS) is 21.8. The number of likely N-dealkylation sites (tertiary alicyclic amines) is 1. The monoisotopic (exact) mass is 375 g/mol. The van der Waals surface area contributed by atoms with Crippen LogP contribution >= 0.6 is 0 Å². The van der Waals surface area contributed by atoms with E-state index in [4.69, 9.17) is 4.98 Å². The van der Waals surface area contributed by atoms with E-state index in [-0.39, 0.29) is 0 Å². The van der Waals surface area contributed by atoms with E-state index in [2.05, 4.69) is 79.5 Å². The summed E-state index contributed by atoms with van der Waals surface area (Å²) in [7, 11) is 0. The summed E-state index contributed by atoms with van der Waals surface area (Å²) < 4.78 is 0. The highest BCUT2D eigenvalue weighted by Gasteiger charge is 2.24. The second-order valence-electron chi connectivity index (χ2n) is 8.58. The highest BCUT2D eigenvalue weighted by atomic mass is 15.2. The van der Waals surface area contributed by atoms with Crippen LogP contribution in [0.3, 0.4) is 0 Å². The molecular formula is C25H33N3. The third-order valence-corrected chi connectivity index (χ3v) is 6.41. The van der Waals surface area contributed by atoms with E-state index in [1.807, 2.05) is 0 Å². The van der Waals surface area contributed by atoms with Crippen LogP contribution in [0.2, 0.25) is 0 Å². The molecule has 3 heteroatoms. The molecule has 1 aliphatic heterocycles. The summed E-state index contributed by atoms with van der Waals surface area (Å²) >= 11 is 0. The van der Waals surface area contributed by atoms with Gasteiger partial charge >= 0.3 is 0 Å². The SMILES string of the molecule is CC(CCCN1[C@H](C)CCC[C@@H]1C)Nc1c2ccccc2nc2ccccc12. The summed E-state index contributed by atoms with van der Waals surface area (Å²) in [5, 5.41) is 6.26. The lowest BCUT2D eigenvalue weighted by atomic mass is 9.97. The molecule has 0 spiro atoms. The van der Waals surface area contributed by atoms with Crippen molar-refractivity contribution in [3.8, 4) is 0 Å². The molecule has 4 rings (SSSR count). The van der Waals surface area contributed by atoms with Crippen molar-refractivity contribution in [3.05, 3.63) is 48.5 Å². The Bertz CT molecular complexity index is 871. The molecule has 0 aliphatic carbocycles. The molecule has 0 bridgehead atoms. The zero-order chi connectivity index (χ0) is 19.5.